The van der Waals surface area contributed by atoms with E-state index in [1.54, 1.807) is 0 Å². The molecule has 1 heterocycles. The van der Waals surface area contributed by atoms with Gasteiger partial charge in [-0.3, -0.25) is 19.7 Å². The van der Waals surface area contributed by atoms with E-state index >= 15 is 0 Å². The number of benzene rings is 1. The molecule has 1 aromatic rings. The van der Waals surface area contributed by atoms with E-state index < -0.39 is 0 Å². The lowest BCUT2D eigenvalue weighted by Gasteiger charge is -2.27. The molecule has 1 aromatic carbocycles. The number of fused-ring (bicyclic) bond motifs is 1. The minimum Gasteiger partial charge on any atom is -0.396 e. The number of nitrogens with one attached hydrogen (secondary N) is 1. The fourth-order valence-corrected chi connectivity index (χ4v) is 4.06. The topological polar surface area (TPSA) is 83.5 Å². The van der Waals surface area contributed by atoms with Crippen LogP contribution in [0.5, 0.6) is 0 Å². The number of rotatable bonds is 6. The van der Waals surface area contributed by atoms with E-state index in [1.807, 2.05) is 18.2 Å². The highest BCUT2D eigenvalue weighted by atomic mass is 16.3. The largest absolute Gasteiger partial charge is 0.396 e. The van der Waals surface area contributed by atoms with Crippen molar-refractivity contribution in [1.29, 1.82) is 0 Å². The molecule has 1 aliphatic carbocycles. The average Bonchev–Trinajstić information content (AvgIpc) is 2.67. The first-order chi connectivity index (χ1) is 13.6. The predicted octanol–water partition coefficient (Wildman–Crippen LogP) is 2.78. The summed E-state index contributed by atoms with van der Waals surface area (Å²) in [4.78, 5) is 35.9. The zero-order valence-electron chi connectivity index (χ0n) is 16.1. The Hall–Kier alpha value is -2.45. The van der Waals surface area contributed by atoms with Crippen LogP contribution in [0, 0.1) is 23.7 Å². The quantitative estimate of drug-likeness (QED) is 0.451. The molecular weight excluding hydrogens is 354 g/mol. The third-order valence-corrected chi connectivity index (χ3v) is 5.65. The maximum Gasteiger partial charge on any atom is 0.229 e. The van der Waals surface area contributed by atoms with Crippen LogP contribution in [-0.4, -0.2) is 29.3 Å². The van der Waals surface area contributed by atoms with Crippen molar-refractivity contribution in [3.8, 4) is 11.8 Å². The molecule has 5 nitrogen and oxygen atoms in total. The molecule has 0 bridgehead atoms. The Morgan fingerprint density at radius 1 is 1.11 bits per heavy atom. The smallest absolute Gasteiger partial charge is 0.229 e. The van der Waals surface area contributed by atoms with Gasteiger partial charge in [0.15, 0.2) is 5.78 Å². The SMILES string of the molecule is O=C1CCC(CCC2CC(=O)c3cccc(C#CCCCCO)c3C2)C(=O)N1. The number of carbonyl (C=O) groups is 3. The van der Waals surface area contributed by atoms with Gasteiger partial charge < -0.3 is 5.11 Å². The molecule has 28 heavy (non-hydrogen) atoms. The van der Waals surface area contributed by atoms with Gasteiger partial charge in [0.1, 0.15) is 0 Å². The minimum atomic E-state index is -0.190. The van der Waals surface area contributed by atoms with E-state index in [0.717, 1.165) is 48.8 Å². The Morgan fingerprint density at radius 2 is 1.96 bits per heavy atom. The Bertz CT molecular complexity index is 818. The van der Waals surface area contributed by atoms with Gasteiger partial charge in [-0.15, -0.1) is 0 Å². The average molecular weight is 381 g/mol. The normalized spacial score (nSPS) is 21.5. The maximum atomic E-state index is 12.6. The lowest BCUT2D eigenvalue weighted by Crippen LogP contribution is -2.40. The lowest BCUT2D eigenvalue weighted by molar-refractivity contribution is -0.136. The standard InChI is InChI=1S/C23H27NO4/c25-13-4-2-1-3-6-17-7-5-8-19-20(17)14-16(15-21(19)26)9-10-18-11-12-22(27)24-23(18)28/h5,7-8,16,18,25H,1-2,4,9-15H2,(H,24,27,28). The molecule has 0 saturated carbocycles. The predicted molar refractivity (Wildman–Crippen MR) is 106 cm³/mol. The second kappa shape index (κ2) is 9.66. The first kappa shape index (κ1) is 20.3. The molecule has 0 spiro atoms. The summed E-state index contributed by atoms with van der Waals surface area (Å²) in [5.74, 6) is 6.23. The highest BCUT2D eigenvalue weighted by Crippen LogP contribution is 2.32. The van der Waals surface area contributed by atoms with Crippen molar-refractivity contribution in [3.05, 3.63) is 34.9 Å². The molecule has 2 amide bonds. The summed E-state index contributed by atoms with van der Waals surface area (Å²) in [6.45, 7) is 0.186. The highest BCUT2D eigenvalue weighted by Gasteiger charge is 2.30. The summed E-state index contributed by atoms with van der Waals surface area (Å²) in [6.07, 6.45) is 6.18. The summed E-state index contributed by atoms with van der Waals surface area (Å²) >= 11 is 0. The number of aliphatic hydroxyl groups excluding tert-OH is 1. The number of ketones is 1. The van der Waals surface area contributed by atoms with Crippen LogP contribution < -0.4 is 5.32 Å². The van der Waals surface area contributed by atoms with Crippen molar-refractivity contribution in [2.24, 2.45) is 11.8 Å². The third kappa shape index (κ3) is 5.08. The van der Waals surface area contributed by atoms with Crippen molar-refractivity contribution in [2.45, 2.75) is 57.8 Å². The van der Waals surface area contributed by atoms with Gasteiger partial charge in [0.05, 0.1) is 0 Å². The van der Waals surface area contributed by atoms with Crippen molar-refractivity contribution < 1.29 is 19.5 Å². The van der Waals surface area contributed by atoms with Gasteiger partial charge in [0.2, 0.25) is 11.8 Å². The molecule has 0 radical (unpaired) electrons. The Labute approximate surface area is 165 Å². The zero-order chi connectivity index (χ0) is 19.9. The van der Waals surface area contributed by atoms with Crippen molar-refractivity contribution in [1.82, 2.24) is 5.32 Å². The van der Waals surface area contributed by atoms with Crippen LogP contribution in [0.4, 0.5) is 0 Å². The van der Waals surface area contributed by atoms with Crippen LogP contribution in [0.25, 0.3) is 0 Å². The maximum absolute atomic E-state index is 12.6. The molecule has 3 rings (SSSR count). The fourth-order valence-electron chi connectivity index (χ4n) is 4.06. The molecule has 2 unspecified atom stereocenters. The molecule has 2 N–H and O–H groups in total. The number of aliphatic hydroxyl groups is 1. The summed E-state index contributed by atoms with van der Waals surface area (Å²) < 4.78 is 0. The van der Waals surface area contributed by atoms with Crippen molar-refractivity contribution in [3.63, 3.8) is 0 Å². The van der Waals surface area contributed by atoms with Gasteiger partial charge in [-0.1, -0.05) is 24.0 Å². The second-order valence-electron chi connectivity index (χ2n) is 7.74. The van der Waals surface area contributed by atoms with E-state index in [0.29, 0.717) is 25.7 Å². The molecule has 1 aliphatic heterocycles. The number of Topliss-reactive ketones (excluding diaryl/α,β-unsaturated/α-hetero) is 1. The molecule has 2 aliphatic rings. The Kier molecular flexibility index (Phi) is 7.00. The number of amides is 2. The number of imide groups is 1. The molecular formula is C23H27NO4. The molecule has 2 atom stereocenters. The molecule has 148 valence electrons. The van der Waals surface area contributed by atoms with E-state index in [9.17, 15) is 14.4 Å². The van der Waals surface area contributed by atoms with Crippen molar-refractivity contribution >= 4 is 17.6 Å². The van der Waals surface area contributed by atoms with Gasteiger partial charge in [-0.25, -0.2) is 0 Å². The Morgan fingerprint density at radius 3 is 2.75 bits per heavy atom. The van der Waals surface area contributed by atoms with Crippen LogP contribution >= 0.6 is 0 Å². The summed E-state index contributed by atoms with van der Waals surface area (Å²) in [6, 6.07) is 5.73. The van der Waals surface area contributed by atoms with Crippen LogP contribution in [0.2, 0.25) is 0 Å². The van der Waals surface area contributed by atoms with E-state index in [1.165, 1.54) is 0 Å². The zero-order valence-corrected chi connectivity index (χ0v) is 16.1. The van der Waals surface area contributed by atoms with E-state index in [-0.39, 0.29) is 36.0 Å². The third-order valence-electron chi connectivity index (χ3n) is 5.65. The number of hydrogen-bond donors (Lipinski definition) is 2. The minimum absolute atomic E-state index is 0.129. The number of hydrogen-bond acceptors (Lipinski definition) is 4. The summed E-state index contributed by atoms with van der Waals surface area (Å²) in [7, 11) is 0. The highest BCUT2D eigenvalue weighted by molar-refractivity contribution is 5.99. The number of carbonyl (C=O) groups excluding carboxylic acids is 3. The number of piperidine rings is 1. The number of unbranched alkanes of at least 4 members (excludes halogenated alkanes) is 2. The van der Waals surface area contributed by atoms with Gasteiger partial charge in [0.25, 0.3) is 0 Å². The monoisotopic (exact) mass is 381 g/mol. The van der Waals surface area contributed by atoms with Crippen molar-refractivity contribution in [2.75, 3.05) is 6.61 Å². The molecule has 1 saturated heterocycles. The van der Waals surface area contributed by atoms with Crippen LogP contribution in [0.15, 0.2) is 18.2 Å². The molecule has 5 heteroatoms. The van der Waals surface area contributed by atoms with E-state index in [4.69, 9.17) is 5.11 Å². The fraction of sp³-hybridized carbons (Fsp3) is 0.522. The van der Waals surface area contributed by atoms with E-state index in [2.05, 4.69) is 17.2 Å². The van der Waals surface area contributed by atoms with Gasteiger partial charge in [0, 0.05) is 42.9 Å². The van der Waals surface area contributed by atoms with Gasteiger partial charge in [-0.05, 0) is 56.1 Å². The van der Waals surface area contributed by atoms with Gasteiger partial charge in [-0.2, -0.15) is 0 Å². The van der Waals surface area contributed by atoms with Gasteiger partial charge >= 0.3 is 0 Å². The Balaban J connectivity index is 1.65. The van der Waals surface area contributed by atoms with Crippen LogP contribution in [-0.2, 0) is 16.0 Å². The van der Waals surface area contributed by atoms with Crippen LogP contribution in [0.3, 0.4) is 0 Å². The second-order valence-corrected chi connectivity index (χ2v) is 7.74. The summed E-state index contributed by atoms with van der Waals surface area (Å²) in [5, 5.41) is 11.3. The first-order valence-electron chi connectivity index (χ1n) is 10.2. The summed E-state index contributed by atoms with van der Waals surface area (Å²) in [5.41, 5.74) is 2.72. The lowest BCUT2D eigenvalue weighted by atomic mass is 9.77. The van der Waals surface area contributed by atoms with Crippen LogP contribution in [0.1, 0.15) is 72.9 Å². The first-order valence-corrected chi connectivity index (χ1v) is 10.2. The molecule has 1 fully saturated rings. The molecule has 0 aromatic heterocycles.